The molecule has 2 aromatic heterocycles. The van der Waals surface area contributed by atoms with Crippen LogP contribution in [0.4, 0.5) is 11.5 Å². The number of benzene rings is 1. The minimum atomic E-state index is 0.868. The molecule has 0 unspecified atom stereocenters. The van der Waals surface area contributed by atoms with Crippen molar-refractivity contribution in [3.8, 4) is 0 Å². The molecule has 2 aliphatic heterocycles. The molecule has 0 amide bonds. The topological polar surface area (TPSA) is 61.3 Å². The van der Waals surface area contributed by atoms with Crippen molar-refractivity contribution in [1.82, 2.24) is 24.8 Å². The highest BCUT2D eigenvalue weighted by Gasteiger charge is 2.20. The summed E-state index contributed by atoms with van der Waals surface area (Å²) in [5.41, 5.74) is 4.33. The highest BCUT2D eigenvalue weighted by Crippen LogP contribution is 2.30. The summed E-state index contributed by atoms with van der Waals surface area (Å²) in [6.07, 6.45) is 7.88. The summed E-state index contributed by atoms with van der Waals surface area (Å²) in [6, 6.07) is 6.62. The summed E-state index contributed by atoms with van der Waals surface area (Å²) in [6.45, 7) is 9.13. The first-order valence-electron chi connectivity index (χ1n) is 10.5. The van der Waals surface area contributed by atoms with Gasteiger partial charge < -0.3 is 9.80 Å². The van der Waals surface area contributed by atoms with Crippen LogP contribution in [0.25, 0.3) is 10.9 Å². The lowest BCUT2D eigenvalue weighted by Crippen LogP contribution is -2.46. The molecule has 7 nitrogen and oxygen atoms in total. The van der Waals surface area contributed by atoms with E-state index in [4.69, 9.17) is 0 Å². The molecule has 0 aliphatic carbocycles. The molecule has 2 fully saturated rings. The van der Waals surface area contributed by atoms with E-state index in [0.29, 0.717) is 0 Å². The monoisotopic (exact) mass is 389 g/mol. The van der Waals surface area contributed by atoms with Crippen LogP contribution in [-0.4, -0.2) is 64.1 Å². The van der Waals surface area contributed by atoms with Gasteiger partial charge in [0.05, 0.1) is 16.9 Å². The second-order valence-corrected chi connectivity index (χ2v) is 8.01. The van der Waals surface area contributed by atoms with Crippen LogP contribution < -0.4 is 9.80 Å². The van der Waals surface area contributed by atoms with Gasteiger partial charge in [-0.2, -0.15) is 0 Å². The first-order valence-corrected chi connectivity index (χ1v) is 10.5. The maximum atomic E-state index is 4.62. The number of aromatic nitrogens is 4. The van der Waals surface area contributed by atoms with Crippen LogP contribution in [0.2, 0.25) is 0 Å². The zero-order valence-electron chi connectivity index (χ0n) is 17.0. The van der Waals surface area contributed by atoms with Gasteiger partial charge in [0.2, 0.25) is 0 Å². The molecule has 2 saturated heterocycles. The van der Waals surface area contributed by atoms with E-state index in [2.05, 4.69) is 52.8 Å². The quantitative estimate of drug-likeness (QED) is 0.680. The number of hydrogen-bond donors (Lipinski definition) is 0. The summed E-state index contributed by atoms with van der Waals surface area (Å²) in [4.78, 5) is 25.3. The van der Waals surface area contributed by atoms with E-state index in [1.54, 1.807) is 12.5 Å². The Bertz CT molecular complexity index is 991. The van der Waals surface area contributed by atoms with Gasteiger partial charge in [0.1, 0.15) is 12.1 Å². The highest BCUT2D eigenvalue weighted by molar-refractivity contribution is 5.92. The van der Waals surface area contributed by atoms with Gasteiger partial charge in [0.15, 0.2) is 0 Å². The normalized spacial score (nSPS) is 18.0. The minimum absolute atomic E-state index is 0.868. The Kier molecular flexibility index (Phi) is 4.97. The van der Waals surface area contributed by atoms with Crippen molar-refractivity contribution >= 4 is 22.4 Å². The lowest BCUT2D eigenvalue weighted by molar-refractivity contribution is 0.246. The summed E-state index contributed by atoms with van der Waals surface area (Å²) in [7, 11) is 0. The molecule has 0 atom stereocenters. The van der Waals surface area contributed by atoms with Crippen LogP contribution in [0.1, 0.15) is 24.2 Å². The molecule has 2 aliphatic rings. The van der Waals surface area contributed by atoms with Gasteiger partial charge in [0.25, 0.3) is 0 Å². The van der Waals surface area contributed by atoms with Gasteiger partial charge in [-0.15, -0.1) is 0 Å². The van der Waals surface area contributed by atoms with E-state index < -0.39 is 0 Å². The molecule has 3 aromatic rings. The first kappa shape index (κ1) is 18.2. The SMILES string of the molecule is Cc1cncc(CN2CCN(c3ccc4ncnc(N5CCCC5)c4c3)CC2)n1. The summed E-state index contributed by atoms with van der Waals surface area (Å²) >= 11 is 0. The molecule has 0 N–H and O–H groups in total. The molecule has 29 heavy (non-hydrogen) atoms. The van der Waals surface area contributed by atoms with Gasteiger partial charge >= 0.3 is 0 Å². The van der Waals surface area contributed by atoms with Gasteiger partial charge in [-0.3, -0.25) is 14.9 Å². The molecule has 150 valence electrons. The molecule has 4 heterocycles. The van der Waals surface area contributed by atoms with E-state index in [-0.39, 0.29) is 0 Å². The van der Waals surface area contributed by atoms with E-state index in [0.717, 1.165) is 68.5 Å². The molecule has 0 spiro atoms. The summed E-state index contributed by atoms with van der Waals surface area (Å²) in [5.74, 6) is 1.09. The second-order valence-electron chi connectivity index (χ2n) is 8.01. The Labute approximate surface area is 171 Å². The molecular formula is C22H27N7. The lowest BCUT2D eigenvalue weighted by atomic mass is 10.1. The van der Waals surface area contributed by atoms with Gasteiger partial charge in [-0.25, -0.2) is 9.97 Å². The number of piperazine rings is 1. The van der Waals surface area contributed by atoms with Crippen molar-refractivity contribution < 1.29 is 0 Å². The van der Waals surface area contributed by atoms with Crippen LogP contribution in [0, 0.1) is 6.92 Å². The third kappa shape index (κ3) is 3.87. The Hall–Kier alpha value is -2.80. The van der Waals surface area contributed by atoms with E-state index >= 15 is 0 Å². The standard InChI is InChI=1S/C22H27N7/c1-17-13-23-14-18(26-17)15-27-8-10-28(11-9-27)19-4-5-21-20(12-19)22(25-16-24-21)29-6-2-3-7-29/h4-5,12-14,16H,2-3,6-11,15H2,1H3. The average molecular weight is 390 g/mol. The van der Waals surface area contributed by atoms with Crippen LogP contribution in [-0.2, 0) is 6.54 Å². The molecule has 5 rings (SSSR count). The molecular weight excluding hydrogens is 362 g/mol. The zero-order valence-corrected chi connectivity index (χ0v) is 17.0. The lowest BCUT2D eigenvalue weighted by Gasteiger charge is -2.36. The minimum Gasteiger partial charge on any atom is -0.369 e. The number of hydrogen-bond acceptors (Lipinski definition) is 7. The van der Waals surface area contributed by atoms with Crippen molar-refractivity contribution in [1.29, 1.82) is 0 Å². The maximum absolute atomic E-state index is 4.62. The van der Waals surface area contributed by atoms with Gasteiger partial charge in [-0.05, 0) is 38.0 Å². The molecule has 0 bridgehead atoms. The van der Waals surface area contributed by atoms with Crippen molar-refractivity contribution in [3.05, 3.63) is 48.3 Å². The Morgan fingerprint density at radius 1 is 0.897 bits per heavy atom. The average Bonchev–Trinajstić information content (AvgIpc) is 3.28. The van der Waals surface area contributed by atoms with Crippen molar-refractivity contribution in [2.75, 3.05) is 49.1 Å². The smallest absolute Gasteiger partial charge is 0.139 e. The Morgan fingerprint density at radius 3 is 2.52 bits per heavy atom. The third-order valence-electron chi connectivity index (χ3n) is 5.93. The van der Waals surface area contributed by atoms with E-state index in [1.807, 2.05) is 13.1 Å². The van der Waals surface area contributed by atoms with Crippen molar-refractivity contribution in [2.45, 2.75) is 26.3 Å². The van der Waals surface area contributed by atoms with Gasteiger partial charge in [0, 0.05) is 69.3 Å². The number of fused-ring (bicyclic) bond motifs is 1. The molecule has 1 aromatic carbocycles. The fourth-order valence-electron chi connectivity index (χ4n) is 4.39. The highest BCUT2D eigenvalue weighted by atomic mass is 15.3. The van der Waals surface area contributed by atoms with Crippen LogP contribution in [0.5, 0.6) is 0 Å². The predicted molar refractivity (Wildman–Crippen MR) is 115 cm³/mol. The number of anilines is 2. The zero-order chi connectivity index (χ0) is 19.6. The molecule has 0 saturated carbocycles. The van der Waals surface area contributed by atoms with E-state index in [1.165, 1.54) is 23.9 Å². The van der Waals surface area contributed by atoms with Crippen LogP contribution in [0.3, 0.4) is 0 Å². The number of rotatable bonds is 4. The third-order valence-corrected chi connectivity index (χ3v) is 5.93. The van der Waals surface area contributed by atoms with Gasteiger partial charge in [-0.1, -0.05) is 0 Å². The number of nitrogens with zero attached hydrogens (tertiary/aromatic N) is 7. The molecule has 0 radical (unpaired) electrons. The maximum Gasteiger partial charge on any atom is 0.139 e. The first-order chi connectivity index (χ1) is 14.3. The number of aryl methyl sites for hydroxylation is 1. The fourth-order valence-corrected chi connectivity index (χ4v) is 4.39. The Morgan fingerprint density at radius 2 is 1.72 bits per heavy atom. The Balaban J connectivity index is 1.31. The molecule has 7 heteroatoms. The largest absolute Gasteiger partial charge is 0.369 e. The predicted octanol–water partition coefficient (Wildman–Crippen LogP) is 2.65. The second kappa shape index (κ2) is 7.91. The summed E-state index contributed by atoms with van der Waals surface area (Å²) in [5, 5.41) is 1.17. The summed E-state index contributed by atoms with van der Waals surface area (Å²) < 4.78 is 0. The van der Waals surface area contributed by atoms with E-state index in [9.17, 15) is 0 Å². The fraction of sp³-hybridized carbons (Fsp3) is 0.455. The van der Waals surface area contributed by atoms with Crippen molar-refractivity contribution in [2.24, 2.45) is 0 Å². The van der Waals surface area contributed by atoms with Crippen molar-refractivity contribution in [3.63, 3.8) is 0 Å². The van der Waals surface area contributed by atoms with Crippen LogP contribution in [0.15, 0.2) is 36.9 Å². The van der Waals surface area contributed by atoms with Crippen LogP contribution >= 0.6 is 0 Å².